The van der Waals surface area contributed by atoms with Crippen molar-refractivity contribution in [2.45, 2.75) is 35.6 Å². The fraction of sp³-hybridized carbons (Fsp3) is 0.357. The number of hydrogen-bond acceptors (Lipinski definition) is 1. The minimum atomic E-state index is 0. The molecule has 0 heterocycles. The first kappa shape index (κ1) is 19.2. The van der Waals surface area contributed by atoms with E-state index in [0.717, 1.165) is 5.69 Å². The Labute approximate surface area is 95.6 Å². The third-order valence-corrected chi connectivity index (χ3v) is 1.26. The molecule has 0 unspecified atom stereocenters. The molecule has 0 spiro atoms. The van der Waals surface area contributed by atoms with Crippen LogP contribution in [-0.4, -0.2) is 6.21 Å². The molecule has 0 fully saturated rings. The average Bonchev–Trinajstić information content (AvgIpc) is 2.23. The molecule has 0 atom stereocenters. The molecule has 0 N–H and O–H groups in total. The molecule has 0 bridgehead atoms. The Bertz CT molecular complexity index is 247. The summed E-state index contributed by atoms with van der Waals surface area (Å²) in [7, 11) is 0. The number of rotatable bonds is 2. The second-order valence-corrected chi connectivity index (χ2v) is 2.14. The lowest BCUT2D eigenvalue weighted by atomic mass is 10.3. The predicted octanol–water partition coefficient (Wildman–Crippen LogP) is 5.26. The second kappa shape index (κ2) is 15.1. The highest BCUT2D eigenvalue weighted by molar-refractivity contribution is 5.74. The highest BCUT2D eigenvalue weighted by Crippen LogP contribution is 2.07. The van der Waals surface area contributed by atoms with E-state index in [-0.39, 0.29) is 14.9 Å². The molecule has 1 rings (SSSR count). The zero-order chi connectivity index (χ0) is 9.94. The Kier molecular flexibility index (Phi) is 19.4. The minimum Gasteiger partial charge on any atom is -0.257 e. The van der Waals surface area contributed by atoms with Gasteiger partial charge in [0.15, 0.2) is 0 Å². The lowest BCUT2D eigenvalue weighted by Crippen LogP contribution is -1.64. The zero-order valence-corrected chi connectivity index (χ0v) is 8.57. The summed E-state index contributed by atoms with van der Waals surface area (Å²) in [6.45, 7) is 5.97. The summed E-state index contributed by atoms with van der Waals surface area (Å²) in [5.41, 5.74) is 0.991. The van der Waals surface area contributed by atoms with Gasteiger partial charge in [-0.3, -0.25) is 4.99 Å². The maximum atomic E-state index is 4.18. The summed E-state index contributed by atoms with van der Waals surface area (Å²) in [4.78, 5) is 4.18. The van der Waals surface area contributed by atoms with Crippen LogP contribution in [0.1, 0.15) is 35.6 Å². The first-order chi connectivity index (χ1) is 6.43. The van der Waals surface area contributed by atoms with Gasteiger partial charge < -0.3 is 0 Å². The van der Waals surface area contributed by atoms with E-state index in [0.29, 0.717) is 0 Å². The summed E-state index contributed by atoms with van der Waals surface area (Å²) in [6.07, 6.45) is 5.65. The van der Waals surface area contributed by atoms with E-state index in [4.69, 9.17) is 0 Å². The first-order valence-corrected chi connectivity index (χ1v) is 4.64. The Morgan fingerprint density at radius 2 is 1.53 bits per heavy atom. The van der Waals surface area contributed by atoms with Crippen LogP contribution in [0.5, 0.6) is 0 Å². The highest BCUT2D eigenvalue weighted by Gasteiger charge is 1.79. The molecule has 0 saturated carbocycles. The minimum absolute atomic E-state index is 0. The van der Waals surface area contributed by atoms with Gasteiger partial charge in [-0.2, -0.15) is 0 Å². The molecular formula is C14H25N. The van der Waals surface area contributed by atoms with Crippen LogP contribution in [0.4, 0.5) is 5.69 Å². The molecule has 1 aromatic carbocycles. The average molecular weight is 207 g/mol. The van der Waals surface area contributed by atoms with E-state index in [2.05, 4.69) is 4.99 Å². The zero-order valence-electron chi connectivity index (χ0n) is 8.57. The topological polar surface area (TPSA) is 12.4 Å². The van der Waals surface area contributed by atoms with Crippen LogP contribution in [0.25, 0.3) is 0 Å². The van der Waals surface area contributed by atoms with Crippen molar-refractivity contribution in [2.24, 2.45) is 4.99 Å². The van der Waals surface area contributed by atoms with Gasteiger partial charge in [0.2, 0.25) is 0 Å². The third kappa shape index (κ3) is 10.6. The number of nitrogens with zero attached hydrogens (tertiary/aromatic N) is 1. The molecule has 0 aliphatic heterocycles. The van der Waals surface area contributed by atoms with Gasteiger partial charge in [-0.05, 0) is 25.1 Å². The SMILES string of the molecule is C.C.CC.CC=CC=Nc1ccccc1. The van der Waals surface area contributed by atoms with Crippen molar-refractivity contribution in [2.75, 3.05) is 0 Å². The van der Waals surface area contributed by atoms with Gasteiger partial charge in [0.25, 0.3) is 0 Å². The summed E-state index contributed by atoms with van der Waals surface area (Å²) in [5.74, 6) is 0. The molecular weight excluding hydrogens is 182 g/mol. The molecule has 0 amide bonds. The van der Waals surface area contributed by atoms with Crippen molar-refractivity contribution < 1.29 is 0 Å². The van der Waals surface area contributed by atoms with Crippen LogP contribution in [-0.2, 0) is 0 Å². The van der Waals surface area contributed by atoms with Gasteiger partial charge >= 0.3 is 0 Å². The largest absolute Gasteiger partial charge is 0.257 e. The van der Waals surface area contributed by atoms with E-state index < -0.39 is 0 Å². The number of hydrogen-bond donors (Lipinski definition) is 0. The number of benzene rings is 1. The third-order valence-electron chi connectivity index (χ3n) is 1.26. The lowest BCUT2D eigenvalue weighted by Gasteiger charge is -1.87. The van der Waals surface area contributed by atoms with Crippen LogP contribution in [0.3, 0.4) is 0 Å². The molecule has 0 aromatic heterocycles. The number of para-hydroxylation sites is 1. The van der Waals surface area contributed by atoms with E-state index >= 15 is 0 Å². The van der Waals surface area contributed by atoms with Gasteiger partial charge in [0.1, 0.15) is 0 Å². The predicted molar refractivity (Wildman–Crippen MR) is 74.2 cm³/mol. The van der Waals surface area contributed by atoms with Crippen LogP contribution >= 0.6 is 0 Å². The van der Waals surface area contributed by atoms with Crippen LogP contribution in [0, 0.1) is 0 Å². The fourth-order valence-electron chi connectivity index (χ4n) is 0.729. The van der Waals surface area contributed by atoms with E-state index in [9.17, 15) is 0 Å². The quantitative estimate of drug-likeness (QED) is 0.586. The molecule has 1 aromatic rings. The molecule has 1 nitrogen and oxygen atoms in total. The molecule has 0 aliphatic carbocycles. The van der Waals surface area contributed by atoms with E-state index in [1.807, 2.05) is 63.3 Å². The van der Waals surface area contributed by atoms with Crippen LogP contribution in [0.2, 0.25) is 0 Å². The van der Waals surface area contributed by atoms with E-state index in [1.165, 1.54) is 0 Å². The van der Waals surface area contributed by atoms with Gasteiger partial charge in [-0.25, -0.2) is 0 Å². The Morgan fingerprint density at radius 1 is 1.00 bits per heavy atom. The highest BCUT2D eigenvalue weighted by atomic mass is 14.7. The molecule has 0 radical (unpaired) electrons. The smallest absolute Gasteiger partial charge is 0.0629 e. The Hall–Kier alpha value is -1.37. The second-order valence-electron chi connectivity index (χ2n) is 2.14. The van der Waals surface area contributed by atoms with Crippen molar-refractivity contribution in [1.82, 2.24) is 0 Å². The van der Waals surface area contributed by atoms with Crippen molar-refractivity contribution >= 4 is 11.9 Å². The Morgan fingerprint density at radius 3 is 2.00 bits per heavy atom. The molecule has 0 saturated heterocycles. The monoisotopic (exact) mass is 207 g/mol. The summed E-state index contributed by atoms with van der Waals surface area (Å²) < 4.78 is 0. The molecule has 86 valence electrons. The molecule has 15 heavy (non-hydrogen) atoms. The first-order valence-electron chi connectivity index (χ1n) is 4.64. The summed E-state index contributed by atoms with van der Waals surface area (Å²) in [5, 5.41) is 0. The van der Waals surface area contributed by atoms with Gasteiger partial charge in [0, 0.05) is 6.21 Å². The number of aliphatic imine (C=N–C) groups is 1. The standard InChI is InChI=1S/C10H11N.C2H6.2CH4/c1-2-3-9-11-10-7-5-4-6-8-10;1-2;;/h2-9H,1H3;1-2H3;2*1H4. The maximum absolute atomic E-state index is 4.18. The van der Waals surface area contributed by atoms with E-state index in [1.54, 1.807) is 6.21 Å². The molecule has 1 heteroatoms. The number of allylic oxidation sites excluding steroid dienone is 2. The van der Waals surface area contributed by atoms with Crippen molar-refractivity contribution in [3.63, 3.8) is 0 Å². The van der Waals surface area contributed by atoms with Gasteiger partial charge in [0.05, 0.1) is 5.69 Å². The summed E-state index contributed by atoms with van der Waals surface area (Å²) >= 11 is 0. The van der Waals surface area contributed by atoms with Crippen molar-refractivity contribution in [3.05, 3.63) is 42.5 Å². The fourth-order valence-corrected chi connectivity index (χ4v) is 0.729. The van der Waals surface area contributed by atoms with Gasteiger partial charge in [-0.1, -0.05) is 53.0 Å². The maximum Gasteiger partial charge on any atom is 0.0629 e. The lowest BCUT2D eigenvalue weighted by molar-refractivity contribution is 1.50. The Balaban J connectivity index is -0.000000339. The van der Waals surface area contributed by atoms with Gasteiger partial charge in [-0.15, -0.1) is 0 Å². The summed E-state index contributed by atoms with van der Waals surface area (Å²) in [6, 6.07) is 9.87. The van der Waals surface area contributed by atoms with Crippen LogP contribution < -0.4 is 0 Å². The molecule has 0 aliphatic rings. The van der Waals surface area contributed by atoms with Crippen molar-refractivity contribution in [1.29, 1.82) is 0 Å². The normalized spacial score (nSPS) is 8.73. The van der Waals surface area contributed by atoms with Crippen molar-refractivity contribution in [3.8, 4) is 0 Å². The van der Waals surface area contributed by atoms with Crippen LogP contribution in [0.15, 0.2) is 47.5 Å².